The summed E-state index contributed by atoms with van der Waals surface area (Å²) in [5, 5.41) is 3.21. The number of piperazine rings is 1. The van der Waals surface area contributed by atoms with Gasteiger partial charge in [0.25, 0.3) is 5.91 Å². The molecular formula is C31H37FN4O2S. The summed E-state index contributed by atoms with van der Waals surface area (Å²) in [5.74, 6) is 0.788. The van der Waals surface area contributed by atoms with Gasteiger partial charge in [0, 0.05) is 48.5 Å². The van der Waals surface area contributed by atoms with Gasteiger partial charge in [-0.05, 0) is 74.6 Å². The van der Waals surface area contributed by atoms with Crippen LogP contribution in [-0.4, -0.2) is 77.4 Å². The van der Waals surface area contributed by atoms with Crippen molar-refractivity contribution in [2.24, 2.45) is 4.99 Å². The van der Waals surface area contributed by atoms with E-state index >= 15 is 0 Å². The quantitative estimate of drug-likeness (QED) is 0.549. The first-order valence-electron chi connectivity index (χ1n) is 13.4. The number of aliphatic imine (C=N–C) groups is 1. The van der Waals surface area contributed by atoms with Crippen molar-refractivity contribution in [2.75, 3.05) is 45.3 Å². The number of hydrogen-bond acceptors (Lipinski definition) is 4. The lowest BCUT2D eigenvalue weighted by Gasteiger charge is -2.48. The molecule has 0 radical (unpaired) electrons. The first kappa shape index (κ1) is 27.3. The highest BCUT2D eigenvalue weighted by Crippen LogP contribution is 2.36. The Kier molecular flexibility index (Phi) is 7.78. The van der Waals surface area contributed by atoms with Crippen LogP contribution in [0.15, 0.2) is 65.3 Å². The molecule has 8 heteroatoms. The topological polar surface area (TPSA) is 57.2 Å². The first-order valence-corrected chi connectivity index (χ1v) is 15.4. The SMILES string of the molecule is CC1=C(C(N2CCN(C(=O)C3=NCCC(c4ccccc4)=CN3)C(C)(C)C2)=S(C)C)COc2ccc(F)cc21. The van der Waals surface area contributed by atoms with Gasteiger partial charge in [0.05, 0.1) is 5.54 Å². The molecule has 6 nitrogen and oxygen atoms in total. The van der Waals surface area contributed by atoms with Gasteiger partial charge in [0.2, 0.25) is 0 Å². The molecule has 2 aromatic rings. The van der Waals surface area contributed by atoms with Gasteiger partial charge in [-0.3, -0.25) is 14.7 Å². The van der Waals surface area contributed by atoms with Crippen molar-refractivity contribution in [3.8, 4) is 5.75 Å². The van der Waals surface area contributed by atoms with Crippen LogP contribution in [0.4, 0.5) is 4.39 Å². The molecule has 1 amide bonds. The molecule has 1 saturated heterocycles. The number of nitrogens with one attached hydrogen (secondary N) is 1. The van der Waals surface area contributed by atoms with Gasteiger partial charge in [-0.1, -0.05) is 30.3 Å². The number of amidine groups is 1. The smallest absolute Gasteiger partial charge is 0.289 e. The van der Waals surface area contributed by atoms with Crippen LogP contribution < -0.4 is 10.1 Å². The summed E-state index contributed by atoms with van der Waals surface area (Å²) in [6.07, 6.45) is 7.12. The fourth-order valence-electron chi connectivity index (χ4n) is 5.66. The van der Waals surface area contributed by atoms with Gasteiger partial charge in [-0.25, -0.2) is 4.39 Å². The van der Waals surface area contributed by atoms with Gasteiger partial charge in [0.15, 0.2) is 5.84 Å². The monoisotopic (exact) mass is 548 g/mol. The fraction of sp³-hybridized carbons (Fsp3) is 0.387. The predicted octanol–water partition coefficient (Wildman–Crippen LogP) is 5.01. The van der Waals surface area contributed by atoms with Crippen molar-refractivity contribution < 1.29 is 13.9 Å². The lowest BCUT2D eigenvalue weighted by Crippen LogP contribution is -2.64. The number of amides is 1. The number of halogens is 1. The highest BCUT2D eigenvalue weighted by atomic mass is 32.2. The van der Waals surface area contributed by atoms with E-state index in [1.165, 1.54) is 11.1 Å². The number of benzene rings is 2. The minimum Gasteiger partial charge on any atom is -0.488 e. The van der Waals surface area contributed by atoms with Crippen molar-refractivity contribution in [3.05, 3.63) is 77.2 Å². The summed E-state index contributed by atoms with van der Waals surface area (Å²) in [4.78, 5) is 23.9. The van der Waals surface area contributed by atoms with Crippen LogP contribution in [0.2, 0.25) is 0 Å². The average molecular weight is 549 g/mol. The zero-order valence-electron chi connectivity index (χ0n) is 23.4. The lowest BCUT2D eigenvalue weighted by molar-refractivity contribution is -0.132. The molecule has 3 heterocycles. The number of carbonyl (C=O) groups excluding carboxylic acids is 1. The molecule has 1 N–H and O–H groups in total. The summed E-state index contributed by atoms with van der Waals surface area (Å²) >= 11 is 0. The number of nitrogens with zero attached hydrogens (tertiary/aromatic N) is 3. The maximum Gasteiger partial charge on any atom is 0.289 e. The largest absolute Gasteiger partial charge is 0.488 e. The molecule has 5 rings (SSSR count). The van der Waals surface area contributed by atoms with Crippen LogP contribution in [0.25, 0.3) is 11.1 Å². The maximum atomic E-state index is 14.1. The summed E-state index contributed by atoms with van der Waals surface area (Å²) in [6, 6.07) is 14.9. The van der Waals surface area contributed by atoms with Gasteiger partial charge >= 0.3 is 0 Å². The average Bonchev–Trinajstić information content (AvgIpc) is 3.17. The van der Waals surface area contributed by atoms with E-state index in [9.17, 15) is 9.18 Å². The van der Waals surface area contributed by atoms with Crippen LogP contribution >= 0.6 is 10.5 Å². The first-order chi connectivity index (χ1) is 18.7. The van der Waals surface area contributed by atoms with Crippen LogP contribution in [0.5, 0.6) is 5.75 Å². The molecule has 0 atom stereocenters. The molecule has 0 spiro atoms. The highest BCUT2D eigenvalue weighted by Gasteiger charge is 2.40. The Morgan fingerprint density at radius 3 is 2.62 bits per heavy atom. The Morgan fingerprint density at radius 1 is 1.13 bits per heavy atom. The number of carbonyl (C=O) groups is 1. The third-order valence-corrected chi connectivity index (χ3v) is 8.91. The van der Waals surface area contributed by atoms with Crippen LogP contribution in [-0.2, 0) is 4.79 Å². The second kappa shape index (κ2) is 11.1. The van der Waals surface area contributed by atoms with Crippen molar-refractivity contribution in [3.63, 3.8) is 0 Å². The van der Waals surface area contributed by atoms with E-state index in [1.54, 1.807) is 12.1 Å². The Balaban J connectivity index is 1.35. The number of rotatable bonds is 3. The summed E-state index contributed by atoms with van der Waals surface area (Å²) in [5.41, 5.74) is 4.85. The molecule has 1 fully saturated rings. The molecular weight excluding hydrogens is 511 g/mol. The zero-order valence-corrected chi connectivity index (χ0v) is 24.2. The second-order valence-corrected chi connectivity index (χ2v) is 13.0. The van der Waals surface area contributed by atoms with Gasteiger partial charge in [-0.2, -0.15) is 10.5 Å². The standard InChI is InChI=1S/C31H37FN4O2S/c1-21-25-17-24(32)11-12-27(25)38-19-26(21)30(39(4)5)35-15-16-36(31(2,3)20-35)29(37)28-33-14-13-23(18-34-28)22-9-7-6-8-10-22/h6-12,17-18H,13-16,19-20H2,1-5H3,(H,33,34). The third-order valence-electron chi connectivity index (χ3n) is 7.63. The Hall–Kier alpha value is -3.23. The van der Waals surface area contributed by atoms with Gasteiger partial charge < -0.3 is 15.0 Å². The van der Waals surface area contributed by atoms with E-state index in [0.717, 1.165) is 40.0 Å². The van der Waals surface area contributed by atoms with E-state index in [1.807, 2.05) is 29.3 Å². The van der Waals surface area contributed by atoms with Crippen LogP contribution in [0, 0.1) is 5.82 Å². The third kappa shape index (κ3) is 5.58. The highest BCUT2D eigenvalue weighted by molar-refractivity contribution is 8.15. The molecule has 0 aromatic heterocycles. The summed E-state index contributed by atoms with van der Waals surface area (Å²) < 4.78 is 20.1. The number of ether oxygens (including phenoxy) is 1. The van der Waals surface area contributed by atoms with Crippen molar-refractivity contribution in [2.45, 2.75) is 32.7 Å². The fourth-order valence-corrected chi connectivity index (χ4v) is 7.04. The summed E-state index contributed by atoms with van der Waals surface area (Å²) in [7, 11) is -0.0717. The minimum absolute atomic E-state index is 0.0699. The van der Waals surface area contributed by atoms with Gasteiger partial charge in [-0.15, -0.1) is 0 Å². The van der Waals surface area contributed by atoms with Crippen LogP contribution in [0.1, 0.15) is 38.3 Å². The van der Waals surface area contributed by atoms with E-state index < -0.39 is 5.54 Å². The predicted molar refractivity (Wildman–Crippen MR) is 161 cm³/mol. The molecule has 3 aliphatic rings. The van der Waals surface area contributed by atoms with Crippen LogP contribution in [0.3, 0.4) is 0 Å². The molecule has 0 unspecified atom stereocenters. The Labute approximate surface area is 233 Å². The zero-order chi connectivity index (χ0) is 27.7. The molecule has 3 aliphatic heterocycles. The van der Waals surface area contributed by atoms with E-state index in [0.29, 0.717) is 38.6 Å². The minimum atomic E-state index is -0.420. The summed E-state index contributed by atoms with van der Waals surface area (Å²) in [6.45, 7) is 9.29. The van der Waals surface area contributed by atoms with Crippen molar-refractivity contribution in [1.29, 1.82) is 0 Å². The molecule has 206 valence electrons. The molecule has 39 heavy (non-hydrogen) atoms. The number of hydrogen-bond donors (Lipinski definition) is 1. The molecule has 0 bridgehead atoms. The van der Waals surface area contributed by atoms with E-state index in [2.05, 4.69) is 60.6 Å². The normalized spacial score (nSPS) is 19.4. The van der Waals surface area contributed by atoms with Crippen molar-refractivity contribution in [1.82, 2.24) is 15.1 Å². The number of allylic oxidation sites excluding steroid dienone is 1. The maximum absolute atomic E-state index is 14.1. The van der Waals surface area contributed by atoms with Crippen molar-refractivity contribution >= 4 is 38.4 Å². The molecule has 0 aliphatic carbocycles. The number of fused-ring (bicyclic) bond motifs is 1. The molecule has 0 saturated carbocycles. The van der Waals surface area contributed by atoms with Gasteiger partial charge in [0.1, 0.15) is 18.2 Å². The second-order valence-electron chi connectivity index (χ2n) is 11.0. The Morgan fingerprint density at radius 2 is 1.90 bits per heavy atom. The van der Waals surface area contributed by atoms with E-state index in [4.69, 9.17) is 4.74 Å². The van der Waals surface area contributed by atoms with E-state index in [-0.39, 0.29) is 22.2 Å². The lowest BCUT2D eigenvalue weighted by atomic mass is 9.95. The molecule has 2 aromatic carbocycles. The Bertz CT molecular complexity index is 1410.